The van der Waals surface area contributed by atoms with Crippen LogP contribution in [-0.2, 0) is 9.84 Å². The quantitative estimate of drug-likeness (QED) is 0.889. The molecule has 22 heavy (non-hydrogen) atoms. The molecule has 1 fully saturated rings. The first-order valence-corrected chi connectivity index (χ1v) is 9.01. The molecule has 0 saturated carbocycles. The van der Waals surface area contributed by atoms with Crippen molar-refractivity contribution in [1.29, 1.82) is 0 Å². The van der Waals surface area contributed by atoms with Crippen LogP contribution in [0.3, 0.4) is 0 Å². The Morgan fingerprint density at radius 1 is 1.27 bits per heavy atom. The van der Waals surface area contributed by atoms with E-state index in [-0.39, 0.29) is 23.6 Å². The lowest BCUT2D eigenvalue weighted by Crippen LogP contribution is -2.42. The number of urea groups is 1. The van der Waals surface area contributed by atoms with Gasteiger partial charge in [-0.1, -0.05) is 0 Å². The minimum atomic E-state index is -2.92. The first-order chi connectivity index (χ1) is 10.4. The maximum atomic E-state index is 12.0. The van der Waals surface area contributed by atoms with Crippen LogP contribution in [0, 0.1) is 6.92 Å². The van der Waals surface area contributed by atoms with Gasteiger partial charge in [-0.2, -0.15) is 0 Å². The zero-order valence-corrected chi connectivity index (χ0v) is 13.1. The lowest BCUT2D eigenvalue weighted by molar-refractivity contribution is 0.247. The van der Waals surface area contributed by atoms with E-state index in [1.54, 1.807) is 12.3 Å². The number of hydrogen-bond acceptors (Lipinski definition) is 4. The molecule has 2 aromatic rings. The molecule has 1 aliphatic heterocycles. The molecule has 0 unspecified atom stereocenters. The largest absolute Gasteiger partial charge is 0.464 e. The molecule has 2 amide bonds. The molecule has 0 atom stereocenters. The Morgan fingerprint density at radius 3 is 2.73 bits per heavy atom. The van der Waals surface area contributed by atoms with Crippen molar-refractivity contribution in [2.45, 2.75) is 25.8 Å². The normalized spacial score (nSPS) is 18.2. The lowest BCUT2D eigenvalue weighted by Gasteiger charge is -2.23. The highest BCUT2D eigenvalue weighted by molar-refractivity contribution is 7.91. The number of amides is 2. The summed E-state index contributed by atoms with van der Waals surface area (Å²) in [5, 5.41) is 6.56. The molecule has 0 spiro atoms. The van der Waals surface area contributed by atoms with Crippen LogP contribution in [0.4, 0.5) is 10.5 Å². The van der Waals surface area contributed by atoms with E-state index in [4.69, 9.17) is 4.42 Å². The number of carbonyl (C=O) groups is 1. The predicted octanol–water partition coefficient (Wildman–Crippen LogP) is 2.44. The average Bonchev–Trinajstić information content (AvgIpc) is 2.83. The van der Waals surface area contributed by atoms with Gasteiger partial charge in [0.1, 0.15) is 15.4 Å². The van der Waals surface area contributed by atoms with Crippen molar-refractivity contribution in [3.63, 3.8) is 0 Å². The minimum Gasteiger partial charge on any atom is -0.464 e. The molecule has 7 heteroatoms. The second-order valence-electron chi connectivity index (χ2n) is 5.65. The molecule has 1 aromatic carbocycles. The van der Waals surface area contributed by atoms with E-state index in [1.165, 1.54) is 0 Å². The zero-order valence-electron chi connectivity index (χ0n) is 12.3. The summed E-state index contributed by atoms with van der Waals surface area (Å²) in [5.74, 6) is 0.274. The summed E-state index contributed by atoms with van der Waals surface area (Å²) >= 11 is 0. The van der Waals surface area contributed by atoms with E-state index >= 15 is 0 Å². The van der Waals surface area contributed by atoms with Crippen molar-refractivity contribution >= 4 is 32.5 Å². The number of aryl methyl sites for hydroxylation is 1. The van der Waals surface area contributed by atoms with Crippen molar-refractivity contribution in [1.82, 2.24) is 5.32 Å². The zero-order chi connectivity index (χ0) is 15.7. The van der Waals surface area contributed by atoms with Crippen LogP contribution in [0.2, 0.25) is 0 Å². The summed E-state index contributed by atoms with van der Waals surface area (Å²) in [6.45, 7) is 1.94. The van der Waals surface area contributed by atoms with E-state index in [1.807, 2.05) is 19.1 Å². The predicted molar refractivity (Wildman–Crippen MR) is 84.8 cm³/mol. The first-order valence-electron chi connectivity index (χ1n) is 7.19. The Morgan fingerprint density at radius 2 is 2.00 bits per heavy atom. The summed E-state index contributed by atoms with van der Waals surface area (Å²) in [6, 6.07) is 5.04. The van der Waals surface area contributed by atoms with Gasteiger partial charge in [0.15, 0.2) is 0 Å². The summed E-state index contributed by atoms with van der Waals surface area (Å²) < 4.78 is 28.1. The Kier molecular flexibility index (Phi) is 3.82. The van der Waals surface area contributed by atoms with Gasteiger partial charge in [-0.25, -0.2) is 13.2 Å². The highest BCUT2D eigenvalue weighted by Gasteiger charge is 2.24. The molecular weight excluding hydrogens is 304 g/mol. The van der Waals surface area contributed by atoms with Crippen LogP contribution in [-0.4, -0.2) is 32.0 Å². The topological polar surface area (TPSA) is 88.4 Å². The molecule has 0 aliphatic carbocycles. The fraction of sp³-hybridized carbons (Fsp3) is 0.400. The fourth-order valence-corrected chi connectivity index (χ4v) is 4.11. The number of rotatable bonds is 2. The lowest BCUT2D eigenvalue weighted by atomic mass is 10.1. The smallest absolute Gasteiger partial charge is 0.319 e. The summed E-state index contributed by atoms with van der Waals surface area (Å²) in [5.41, 5.74) is 2.47. The van der Waals surface area contributed by atoms with Gasteiger partial charge in [-0.05, 0) is 43.5 Å². The van der Waals surface area contributed by atoms with Crippen molar-refractivity contribution in [3.8, 4) is 0 Å². The molecule has 3 rings (SSSR count). The molecule has 1 aromatic heterocycles. The van der Waals surface area contributed by atoms with Crippen LogP contribution >= 0.6 is 0 Å². The number of benzene rings is 1. The van der Waals surface area contributed by atoms with Gasteiger partial charge in [-0.15, -0.1) is 0 Å². The van der Waals surface area contributed by atoms with E-state index in [0.29, 0.717) is 18.5 Å². The average molecular weight is 322 g/mol. The SMILES string of the molecule is Cc1coc2ccc(NC(=O)NC3CCS(=O)(=O)CC3)cc12. The Balaban J connectivity index is 1.62. The van der Waals surface area contributed by atoms with Crippen LogP contribution in [0.15, 0.2) is 28.9 Å². The van der Waals surface area contributed by atoms with Crippen molar-refractivity contribution in [2.24, 2.45) is 0 Å². The fourth-order valence-electron chi connectivity index (χ4n) is 2.62. The van der Waals surface area contributed by atoms with Crippen molar-refractivity contribution in [3.05, 3.63) is 30.0 Å². The van der Waals surface area contributed by atoms with Gasteiger partial charge in [0.05, 0.1) is 17.8 Å². The van der Waals surface area contributed by atoms with Gasteiger partial charge in [0, 0.05) is 17.1 Å². The van der Waals surface area contributed by atoms with E-state index in [0.717, 1.165) is 16.5 Å². The molecule has 0 bridgehead atoms. The van der Waals surface area contributed by atoms with E-state index < -0.39 is 9.84 Å². The highest BCUT2D eigenvalue weighted by Crippen LogP contribution is 2.24. The number of nitrogens with one attached hydrogen (secondary N) is 2. The van der Waals surface area contributed by atoms with Crippen LogP contribution < -0.4 is 10.6 Å². The van der Waals surface area contributed by atoms with Crippen LogP contribution in [0.25, 0.3) is 11.0 Å². The van der Waals surface area contributed by atoms with Gasteiger partial charge < -0.3 is 15.1 Å². The second kappa shape index (κ2) is 5.64. The number of anilines is 1. The first kappa shape index (κ1) is 14.9. The summed E-state index contributed by atoms with van der Waals surface area (Å²) in [4.78, 5) is 12.0. The molecule has 1 saturated heterocycles. The maximum Gasteiger partial charge on any atom is 0.319 e. The Bertz CT molecular complexity index is 796. The third-order valence-corrected chi connectivity index (χ3v) is 5.63. The summed E-state index contributed by atoms with van der Waals surface area (Å²) in [7, 11) is -2.92. The number of furan rings is 1. The number of hydrogen-bond donors (Lipinski definition) is 2. The highest BCUT2D eigenvalue weighted by atomic mass is 32.2. The summed E-state index contributed by atoms with van der Waals surface area (Å²) in [6.07, 6.45) is 2.61. The molecule has 2 heterocycles. The monoisotopic (exact) mass is 322 g/mol. The van der Waals surface area contributed by atoms with E-state index in [9.17, 15) is 13.2 Å². The van der Waals surface area contributed by atoms with Gasteiger partial charge in [0.25, 0.3) is 0 Å². The minimum absolute atomic E-state index is 0.0945. The standard InChI is InChI=1S/C15H18N2O4S/c1-10-9-21-14-3-2-12(8-13(10)14)17-15(18)16-11-4-6-22(19,20)7-5-11/h2-3,8-9,11H,4-7H2,1H3,(H2,16,17,18). The van der Waals surface area contributed by atoms with Crippen molar-refractivity contribution < 1.29 is 17.6 Å². The van der Waals surface area contributed by atoms with E-state index in [2.05, 4.69) is 10.6 Å². The third-order valence-electron chi connectivity index (χ3n) is 3.91. The van der Waals surface area contributed by atoms with Crippen LogP contribution in [0.5, 0.6) is 0 Å². The molecule has 0 radical (unpaired) electrons. The number of carbonyl (C=O) groups excluding carboxylic acids is 1. The second-order valence-corrected chi connectivity index (χ2v) is 7.96. The molecule has 6 nitrogen and oxygen atoms in total. The van der Waals surface area contributed by atoms with Gasteiger partial charge in [0.2, 0.25) is 0 Å². The van der Waals surface area contributed by atoms with Gasteiger partial charge in [-0.3, -0.25) is 0 Å². The van der Waals surface area contributed by atoms with Crippen molar-refractivity contribution in [2.75, 3.05) is 16.8 Å². The van der Waals surface area contributed by atoms with Crippen LogP contribution in [0.1, 0.15) is 18.4 Å². The molecule has 2 N–H and O–H groups in total. The number of fused-ring (bicyclic) bond motifs is 1. The molecule has 1 aliphatic rings. The Hall–Kier alpha value is -2.02. The molecular formula is C15H18N2O4S. The Labute approximate surface area is 128 Å². The maximum absolute atomic E-state index is 12.0. The third kappa shape index (κ3) is 3.24. The van der Waals surface area contributed by atoms with Gasteiger partial charge >= 0.3 is 6.03 Å². The number of sulfone groups is 1. The molecule has 118 valence electrons.